The van der Waals surface area contributed by atoms with E-state index in [1.807, 2.05) is 12.1 Å². The zero-order valence-electron chi connectivity index (χ0n) is 16.5. The Balaban J connectivity index is 1.49. The standard InChI is InChI=1S/C23H19ClN2O4S/c1-2-13-3-6-15(7-4-13)25-23-26-21(27)20(31-23)12-16-8-10-19(30-16)17-11-14(22(28)29)5-9-18(17)24/h3-12,23,25H,2H2,1H3,(H,26,27)(H,28,29)/b20-12-. The molecule has 3 N–H and O–H groups in total. The molecule has 158 valence electrons. The number of halogens is 1. The van der Waals surface area contributed by atoms with Crippen LogP contribution in [0.4, 0.5) is 5.69 Å². The highest BCUT2D eigenvalue weighted by atomic mass is 35.5. The Labute approximate surface area is 188 Å². The van der Waals surface area contributed by atoms with Crippen LogP contribution in [0.15, 0.2) is 63.9 Å². The van der Waals surface area contributed by atoms with E-state index >= 15 is 0 Å². The number of thioether (sulfide) groups is 1. The maximum Gasteiger partial charge on any atom is 0.335 e. The van der Waals surface area contributed by atoms with Gasteiger partial charge in [0.25, 0.3) is 5.91 Å². The molecule has 31 heavy (non-hydrogen) atoms. The molecule has 0 bridgehead atoms. The molecular weight excluding hydrogens is 436 g/mol. The molecule has 1 amide bonds. The molecule has 0 aliphatic carbocycles. The normalized spacial score (nSPS) is 17.0. The Hall–Kier alpha value is -3.16. The number of rotatable bonds is 6. The third kappa shape index (κ3) is 4.78. The summed E-state index contributed by atoms with van der Waals surface area (Å²) in [4.78, 5) is 24.1. The lowest BCUT2D eigenvalue weighted by Gasteiger charge is -2.12. The Kier molecular flexibility index (Phi) is 6.06. The summed E-state index contributed by atoms with van der Waals surface area (Å²) >= 11 is 7.57. The molecule has 0 radical (unpaired) electrons. The summed E-state index contributed by atoms with van der Waals surface area (Å²) in [5.74, 6) is -0.350. The smallest absolute Gasteiger partial charge is 0.335 e. The number of benzene rings is 2. The lowest BCUT2D eigenvalue weighted by molar-refractivity contribution is -0.116. The summed E-state index contributed by atoms with van der Waals surface area (Å²) < 4.78 is 5.81. The van der Waals surface area contributed by atoms with Crippen molar-refractivity contribution in [3.8, 4) is 11.3 Å². The van der Waals surface area contributed by atoms with E-state index in [9.17, 15) is 14.7 Å². The number of carbonyl (C=O) groups excluding carboxylic acids is 1. The molecule has 2 aromatic carbocycles. The van der Waals surface area contributed by atoms with Crippen LogP contribution in [-0.2, 0) is 11.2 Å². The molecule has 1 fully saturated rings. The van der Waals surface area contributed by atoms with Gasteiger partial charge in [0.05, 0.1) is 15.5 Å². The van der Waals surface area contributed by atoms with Crippen LogP contribution >= 0.6 is 23.4 Å². The van der Waals surface area contributed by atoms with E-state index in [-0.39, 0.29) is 17.0 Å². The average Bonchev–Trinajstić information content (AvgIpc) is 3.35. The molecule has 6 nitrogen and oxygen atoms in total. The number of carboxylic acid groups (broad SMARTS) is 1. The van der Waals surface area contributed by atoms with E-state index < -0.39 is 5.97 Å². The van der Waals surface area contributed by atoms with Crippen molar-refractivity contribution in [3.63, 3.8) is 0 Å². The van der Waals surface area contributed by atoms with Crippen LogP contribution in [0.2, 0.25) is 5.02 Å². The van der Waals surface area contributed by atoms with E-state index in [0.29, 0.717) is 27.0 Å². The molecule has 0 saturated carbocycles. The highest BCUT2D eigenvalue weighted by Gasteiger charge is 2.27. The fourth-order valence-electron chi connectivity index (χ4n) is 3.10. The molecule has 4 rings (SSSR count). The molecular formula is C23H19ClN2O4S. The maximum atomic E-state index is 12.4. The first kappa shape index (κ1) is 21.1. The van der Waals surface area contributed by atoms with Crippen LogP contribution in [0.1, 0.15) is 28.6 Å². The molecule has 1 aromatic heterocycles. The van der Waals surface area contributed by atoms with E-state index in [4.69, 9.17) is 16.0 Å². The van der Waals surface area contributed by atoms with Gasteiger partial charge in [0.1, 0.15) is 11.5 Å². The van der Waals surface area contributed by atoms with Crippen LogP contribution in [-0.4, -0.2) is 22.5 Å². The molecule has 1 atom stereocenters. The number of carboxylic acids is 1. The SMILES string of the molecule is CCc1ccc(NC2NC(=O)/C(=C/c3ccc(-c4cc(C(=O)O)ccc4Cl)o3)S2)cc1. The maximum absolute atomic E-state index is 12.4. The molecule has 1 saturated heterocycles. The van der Waals surface area contributed by atoms with Gasteiger partial charge < -0.3 is 20.2 Å². The van der Waals surface area contributed by atoms with Gasteiger partial charge in [-0.25, -0.2) is 4.79 Å². The zero-order valence-corrected chi connectivity index (χ0v) is 18.1. The van der Waals surface area contributed by atoms with Crippen LogP contribution in [0.25, 0.3) is 17.4 Å². The van der Waals surface area contributed by atoms with E-state index in [2.05, 4.69) is 29.7 Å². The first-order valence-corrected chi connectivity index (χ1v) is 10.9. The summed E-state index contributed by atoms with van der Waals surface area (Å²) in [7, 11) is 0. The van der Waals surface area contributed by atoms with Crippen molar-refractivity contribution in [2.75, 3.05) is 5.32 Å². The van der Waals surface area contributed by atoms with Crippen LogP contribution in [0, 0.1) is 0 Å². The van der Waals surface area contributed by atoms with Crippen LogP contribution < -0.4 is 10.6 Å². The number of nitrogens with one attached hydrogen (secondary N) is 2. The van der Waals surface area contributed by atoms with Crippen LogP contribution in [0.3, 0.4) is 0 Å². The lowest BCUT2D eigenvalue weighted by atomic mass is 10.1. The van der Waals surface area contributed by atoms with Gasteiger partial charge in [-0.3, -0.25) is 4.79 Å². The Bertz CT molecular complexity index is 1170. The van der Waals surface area contributed by atoms with Gasteiger partial charge >= 0.3 is 5.97 Å². The summed E-state index contributed by atoms with van der Waals surface area (Å²) in [6.45, 7) is 2.10. The van der Waals surface area contributed by atoms with Gasteiger partial charge in [0, 0.05) is 17.3 Å². The molecule has 1 unspecified atom stereocenters. The van der Waals surface area contributed by atoms with Gasteiger partial charge in [-0.05, 0) is 54.4 Å². The van der Waals surface area contributed by atoms with E-state index in [0.717, 1.165) is 12.1 Å². The number of anilines is 1. The number of carbonyl (C=O) groups is 2. The van der Waals surface area contributed by atoms with Crippen molar-refractivity contribution in [3.05, 3.63) is 81.4 Å². The third-order valence-electron chi connectivity index (χ3n) is 4.77. The molecule has 2 heterocycles. The summed E-state index contributed by atoms with van der Waals surface area (Å²) in [6, 6.07) is 15.9. The minimum Gasteiger partial charge on any atom is -0.478 e. The molecule has 8 heteroatoms. The number of amides is 1. The molecule has 1 aliphatic rings. The fraction of sp³-hybridized carbons (Fsp3) is 0.130. The van der Waals surface area contributed by atoms with Crippen molar-refractivity contribution in [1.29, 1.82) is 0 Å². The largest absolute Gasteiger partial charge is 0.478 e. The molecule has 3 aromatic rings. The predicted molar refractivity (Wildman–Crippen MR) is 123 cm³/mol. The summed E-state index contributed by atoms with van der Waals surface area (Å²) in [5.41, 5.74) is 2.47. The summed E-state index contributed by atoms with van der Waals surface area (Å²) in [5, 5.41) is 15.7. The highest BCUT2D eigenvalue weighted by Crippen LogP contribution is 2.34. The highest BCUT2D eigenvalue weighted by molar-refractivity contribution is 8.05. The number of aromatic carboxylic acids is 1. The average molecular weight is 455 g/mol. The second-order valence-corrected chi connectivity index (χ2v) is 8.43. The van der Waals surface area contributed by atoms with Crippen molar-refractivity contribution in [2.24, 2.45) is 0 Å². The number of furan rings is 1. The lowest BCUT2D eigenvalue weighted by Crippen LogP contribution is -2.30. The van der Waals surface area contributed by atoms with Gasteiger partial charge in [-0.1, -0.05) is 42.4 Å². The Morgan fingerprint density at radius 1 is 1.23 bits per heavy atom. The quantitative estimate of drug-likeness (QED) is 0.428. The second-order valence-electron chi connectivity index (χ2n) is 6.88. The Morgan fingerprint density at radius 3 is 2.71 bits per heavy atom. The van der Waals surface area contributed by atoms with Crippen molar-refractivity contribution in [2.45, 2.75) is 18.8 Å². The van der Waals surface area contributed by atoms with Crippen LogP contribution in [0.5, 0.6) is 0 Å². The van der Waals surface area contributed by atoms with Crippen molar-refractivity contribution < 1.29 is 19.1 Å². The second kappa shape index (κ2) is 8.91. The minimum absolute atomic E-state index is 0.113. The predicted octanol–water partition coefficient (Wildman–Crippen LogP) is 5.46. The molecule has 1 aliphatic heterocycles. The monoisotopic (exact) mass is 454 g/mol. The van der Waals surface area contributed by atoms with Gasteiger partial charge in [-0.15, -0.1) is 0 Å². The molecule has 0 spiro atoms. The first-order valence-electron chi connectivity index (χ1n) is 9.60. The van der Waals surface area contributed by atoms with E-state index in [1.54, 1.807) is 18.2 Å². The van der Waals surface area contributed by atoms with E-state index in [1.165, 1.54) is 35.5 Å². The van der Waals surface area contributed by atoms with Gasteiger partial charge in [0.2, 0.25) is 0 Å². The number of hydrogen-bond donors (Lipinski definition) is 3. The van der Waals surface area contributed by atoms with Crippen molar-refractivity contribution >= 4 is 47.0 Å². The number of hydrogen-bond acceptors (Lipinski definition) is 5. The zero-order chi connectivity index (χ0) is 22.0. The third-order valence-corrected chi connectivity index (χ3v) is 6.13. The number of aryl methyl sites for hydroxylation is 1. The Morgan fingerprint density at radius 2 is 2.00 bits per heavy atom. The first-order chi connectivity index (χ1) is 14.9. The van der Waals surface area contributed by atoms with Crippen molar-refractivity contribution in [1.82, 2.24) is 5.32 Å². The summed E-state index contributed by atoms with van der Waals surface area (Å²) in [6.07, 6.45) is 2.62. The van der Waals surface area contributed by atoms with Gasteiger partial charge in [-0.2, -0.15) is 0 Å². The topological polar surface area (TPSA) is 91.6 Å². The minimum atomic E-state index is -1.05. The van der Waals surface area contributed by atoms with Gasteiger partial charge in [0.15, 0.2) is 5.50 Å². The fourth-order valence-corrected chi connectivity index (χ4v) is 4.28.